The van der Waals surface area contributed by atoms with Gasteiger partial charge in [0.2, 0.25) is 5.89 Å². The summed E-state index contributed by atoms with van der Waals surface area (Å²) in [5.41, 5.74) is 2.41. The van der Waals surface area contributed by atoms with Crippen molar-refractivity contribution in [2.24, 2.45) is 4.99 Å². The zero-order chi connectivity index (χ0) is 17.4. The van der Waals surface area contributed by atoms with Crippen LogP contribution >= 0.6 is 0 Å². The highest BCUT2D eigenvalue weighted by Crippen LogP contribution is 2.19. The number of aliphatic imine (C=N–C) groups is 1. The summed E-state index contributed by atoms with van der Waals surface area (Å²) in [7, 11) is 3.45. The van der Waals surface area contributed by atoms with Crippen molar-refractivity contribution >= 4 is 5.96 Å². The van der Waals surface area contributed by atoms with Crippen molar-refractivity contribution < 1.29 is 9.26 Å². The molecule has 0 bridgehead atoms. The van der Waals surface area contributed by atoms with Crippen molar-refractivity contribution in [3.05, 3.63) is 41.0 Å². The molecule has 1 heterocycles. The van der Waals surface area contributed by atoms with Crippen LogP contribution in [-0.2, 0) is 12.8 Å². The normalized spacial score (nSPS) is 11.4. The standard InChI is InChI=1S/C17H25N5O2/c1-12-5-6-15(23-4)14(11-12)7-9-19-17(18-3)20-10-8-16-21-13(2)22-24-16/h5-6,11H,7-10H2,1-4H3,(H2,18,19,20). The molecule has 7 heteroatoms. The van der Waals surface area contributed by atoms with Gasteiger partial charge < -0.3 is 19.9 Å². The zero-order valence-electron chi connectivity index (χ0n) is 14.7. The fourth-order valence-corrected chi connectivity index (χ4v) is 2.37. The molecule has 0 aliphatic heterocycles. The van der Waals surface area contributed by atoms with Crippen LogP contribution in [0.5, 0.6) is 5.75 Å². The molecule has 0 fully saturated rings. The Kier molecular flexibility index (Phi) is 6.60. The van der Waals surface area contributed by atoms with Crippen molar-refractivity contribution in [1.82, 2.24) is 20.8 Å². The summed E-state index contributed by atoms with van der Waals surface area (Å²) in [5, 5.41) is 10.3. The van der Waals surface area contributed by atoms with Gasteiger partial charge in [0.25, 0.3) is 0 Å². The van der Waals surface area contributed by atoms with Crippen molar-refractivity contribution in [1.29, 1.82) is 0 Å². The summed E-state index contributed by atoms with van der Waals surface area (Å²) < 4.78 is 10.5. The van der Waals surface area contributed by atoms with Crippen LogP contribution in [0.2, 0.25) is 0 Å². The molecule has 24 heavy (non-hydrogen) atoms. The van der Waals surface area contributed by atoms with E-state index in [-0.39, 0.29) is 0 Å². The van der Waals surface area contributed by atoms with Crippen LogP contribution in [0.4, 0.5) is 0 Å². The van der Waals surface area contributed by atoms with E-state index in [2.05, 4.69) is 44.8 Å². The maximum Gasteiger partial charge on any atom is 0.228 e. The Balaban J connectivity index is 1.76. The lowest BCUT2D eigenvalue weighted by Crippen LogP contribution is -2.39. The lowest BCUT2D eigenvalue weighted by Gasteiger charge is -2.13. The third-order valence-electron chi connectivity index (χ3n) is 3.55. The van der Waals surface area contributed by atoms with Gasteiger partial charge in [0.1, 0.15) is 5.75 Å². The monoisotopic (exact) mass is 331 g/mol. The molecule has 1 aromatic carbocycles. The maximum absolute atomic E-state index is 5.40. The fourth-order valence-electron chi connectivity index (χ4n) is 2.37. The first-order chi connectivity index (χ1) is 11.6. The van der Waals surface area contributed by atoms with Crippen LogP contribution in [0, 0.1) is 13.8 Å². The van der Waals surface area contributed by atoms with Gasteiger partial charge in [-0.15, -0.1) is 0 Å². The minimum atomic E-state index is 0.625. The molecule has 0 spiro atoms. The summed E-state index contributed by atoms with van der Waals surface area (Å²) >= 11 is 0. The highest BCUT2D eigenvalue weighted by Gasteiger charge is 2.05. The van der Waals surface area contributed by atoms with Crippen molar-refractivity contribution in [3.63, 3.8) is 0 Å². The summed E-state index contributed by atoms with van der Waals surface area (Å²) in [6.07, 6.45) is 1.52. The van der Waals surface area contributed by atoms with Gasteiger partial charge in [-0.2, -0.15) is 4.98 Å². The molecule has 0 radical (unpaired) electrons. The smallest absolute Gasteiger partial charge is 0.228 e. The molecule has 0 aliphatic carbocycles. The van der Waals surface area contributed by atoms with Crippen LogP contribution in [0.25, 0.3) is 0 Å². The van der Waals surface area contributed by atoms with Gasteiger partial charge in [-0.25, -0.2) is 0 Å². The van der Waals surface area contributed by atoms with E-state index in [1.807, 2.05) is 6.07 Å². The fraction of sp³-hybridized carbons (Fsp3) is 0.471. The molecular weight excluding hydrogens is 306 g/mol. The number of guanidine groups is 1. The minimum Gasteiger partial charge on any atom is -0.496 e. The molecule has 0 aliphatic rings. The molecule has 0 amide bonds. The second kappa shape index (κ2) is 8.90. The number of nitrogens with zero attached hydrogens (tertiary/aromatic N) is 3. The second-order valence-electron chi connectivity index (χ2n) is 5.48. The number of rotatable bonds is 7. The van der Waals surface area contributed by atoms with E-state index in [0.717, 1.165) is 24.7 Å². The predicted molar refractivity (Wildman–Crippen MR) is 93.5 cm³/mol. The highest BCUT2D eigenvalue weighted by molar-refractivity contribution is 5.79. The molecule has 7 nitrogen and oxygen atoms in total. The van der Waals surface area contributed by atoms with E-state index < -0.39 is 0 Å². The summed E-state index contributed by atoms with van der Waals surface area (Å²) in [4.78, 5) is 8.38. The molecule has 1 aromatic heterocycles. The third kappa shape index (κ3) is 5.26. The number of benzene rings is 1. The van der Waals surface area contributed by atoms with E-state index in [0.29, 0.717) is 24.7 Å². The van der Waals surface area contributed by atoms with Crippen LogP contribution in [-0.4, -0.2) is 43.3 Å². The quantitative estimate of drug-likeness (QED) is 0.593. The SMILES string of the molecule is CN=C(NCCc1nc(C)no1)NCCc1cc(C)ccc1OC. The van der Waals surface area contributed by atoms with Gasteiger partial charge >= 0.3 is 0 Å². The largest absolute Gasteiger partial charge is 0.496 e. The number of hydrogen-bond acceptors (Lipinski definition) is 5. The van der Waals surface area contributed by atoms with E-state index in [1.54, 1.807) is 21.1 Å². The molecule has 0 saturated carbocycles. The highest BCUT2D eigenvalue weighted by atomic mass is 16.5. The van der Waals surface area contributed by atoms with Gasteiger partial charge in [0.15, 0.2) is 11.8 Å². The summed E-state index contributed by atoms with van der Waals surface area (Å²) in [6, 6.07) is 6.20. The third-order valence-corrected chi connectivity index (χ3v) is 3.55. The Morgan fingerprint density at radius 3 is 2.58 bits per heavy atom. The first-order valence-electron chi connectivity index (χ1n) is 7.99. The Morgan fingerprint density at radius 2 is 1.96 bits per heavy atom. The number of hydrogen-bond donors (Lipinski definition) is 2. The van der Waals surface area contributed by atoms with Crippen LogP contribution in [0.3, 0.4) is 0 Å². The van der Waals surface area contributed by atoms with Crippen LogP contribution in [0.1, 0.15) is 22.8 Å². The van der Waals surface area contributed by atoms with Crippen molar-refractivity contribution in [2.45, 2.75) is 26.7 Å². The Hall–Kier alpha value is -2.57. The average Bonchev–Trinajstić information content (AvgIpc) is 2.99. The first kappa shape index (κ1) is 17.8. The molecule has 0 atom stereocenters. The lowest BCUT2D eigenvalue weighted by atomic mass is 10.1. The molecule has 2 rings (SSSR count). The van der Waals surface area contributed by atoms with Gasteiger partial charge in [-0.1, -0.05) is 22.9 Å². The molecular formula is C17H25N5O2. The topological polar surface area (TPSA) is 84.6 Å². The van der Waals surface area contributed by atoms with Gasteiger partial charge in [0, 0.05) is 26.6 Å². The minimum absolute atomic E-state index is 0.625. The van der Waals surface area contributed by atoms with E-state index >= 15 is 0 Å². The van der Waals surface area contributed by atoms with Crippen molar-refractivity contribution in [2.75, 3.05) is 27.2 Å². The zero-order valence-corrected chi connectivity index (χ0v) is 14.7. The number of aromatic nitrogens is 2. The summed E-state index contributed by atoms with van der Waals surface area (Å²) in [5.74, 6) is 2.94. The van der Waals surface area contributed by atoms with Crippen molar-refractivity contribution in [3.8, 4) is 5.75 Å². The number of methoxy groups -OCH3 is 1. The molecule has 0 saturated heterocycles. The molecule has 2 N–H and O–H groups in total. The maximum atomic E-state index is 5.40. The second-order valence-corrected chi connectivity index (χ2v) is 5.48. The van der Waals surface area contributed by atoms with E-state index in [4.69, 9.17) is 9.26 Å². The first-order valence-corrected chi connectivity index (χ1v) is 7.99. The number of nitrogens with one attached hydrogen (secondary N) is 2. The summed E-state index contributed by atoms with van der Waals surface area (Å²) in [6.45, 7) is 5.32. The number of aryl methyl sites for hydroxylation is 2. The predicted octanol–water partition coefficient (Wildman–Crippen LogP) is 1.65. The number of ether oxygens (including phenoxy) is 1. The van der Waals surface area contributed by atoms with Gasteiger partial charge in [0.05, 0.1) is 7.11 Å². The van der Waals surface area contributed by atoms with Gasteiger partial charge in [-0.05, 0) is 31.9 Å². The van der Waals surface area contributed by atoms with Crippen LogP contribution in [0.15, 0.2) is 27.7 Å². The lowest BCUT2D eigenvalue weighted by molar-refractivity contribution is 0.374. The average molecular weight is 331 g/mol. The Morgan fingerprint density at radius 1 is 1.21 bits per heavy atom. The van der Waals surface area contributed by atoms with E-state index in [1.165, 1.54) is 11.1 Å². The molecule has 0 unspecified atom stereocenters. The van der Waals surface area contributed by atoms with Gasteiger partial charge in [-0.3, -0.25) is 4.99 Å². The Bertz CT molecular complexity index is 681. The van der Waals surface area contributed by atoms with E-state index in [9.17, 15) is 0 Å². The Labute approximate surface area is 142 Å². The van der Waals surface area contributed by atoms with Crippen LogP contribution < -0.4 is 15.4 Å². The molecule has 2 aromatic rings. The molecule has 130 valence electrons.